The lowest BCUT2D eigenvalue weighted by Crippen LogP contribution is -2.26. The van der Waals surface area contributed by atoms with Gasteiger partial charge < -0.3 is 19.1 Å². The highest BCUT2D eigenvalue weighted by molar-refractivity contribution is 8.02. The second kappa shape index (κ2) is 23.2. The smallest absolute Gasteiger partial charge is 0.338 e. The van der Waals surface area contributed by atoms with E-state index in [0.29, 0.717) is 12.2 Å². The number of ether oxygens (including phenoxy) is 3. The highest BCUT2D eigenvalue weighted by Crippen LogP contribution is 2.18. The van der Waals surface area contributed by atoms with Crippen LogP contribution < -0.4 is 0 Å². The molecule has 0 aromatic heterocycles. The summed E-state index contributed by atoms with van der Waals surface area (Å²) in [7, 11) is 1.64. The number of benzene rings is 1. The van der Waals surface area contributed by atoms with E-state index in [4.69, 9.17) is 14.2 Å². The van der Waals surface area contributed by atoms with E-state index >= 15 is 0 Å². The van der Waals surface area contributed by atoms with E-state index in [1.807, 2.05) is 24.3 Å². The molecule has 1 unspecified atom stereocenters. The Bertz CT molecular complexity index is 755. The van der Waals surface area contributed by atoms with Gasteiger partial charge in [0.25, 0.3) is 0 Å². The van der Waals surface area contributed by atoms with Gasteiger partial charge in [0.1, 0.15) is 12.7 Å². The van der Waals surface area contributed by atoms with Crippen molar-refractivity contribution in [3.8, 4) is 0 Å². The van der Waals surface area contributed by atoms with Gasteiger partial charge in [-0.15, -0.1) is 11.8 Å². The summed E-state index contributed by atoms with van der Waals surface area (Å²) in [5.74, 6) is 0.655. The fraction of sp³-hybridized carbons (Fsp3) is 0.727. The lowest BCUT2D eigenvalue weighted by Gasteiger charge is -2.16. The highest BCUT2D eigenvalue weighted by atomic mass is 32.2. The summed E-state index contributed by atoms with van der Waals surface area (Å²) in [5.41, 5.74) is 1.74. The van der Waals surface area contributed by atoms with Crippen molar-refractivity contribution < 1.29 is 19.0 Å². The predicted molar refractivity (Wildman–Crippen MR) is 165 cm³/mol. The van der Waals surface area contributed by atoms with Crippen molar-refractivity contribution in [1.82, 2.24) is 4.90 Å². The van der Waals surface area contributed by atoms with Gasteiger partial charge >= 0.3 is 5.97 Å². The number of nitrogens with zero attached hydrogens (tertiary/aromatic N) is 1. The molecular weight excluding hydrogens is 506 g/mol. The van der Waals surface area contributed by atoms with Gasteiger partial charge in [0.2, 0.25) is 0 Å². The fourth-order valence-electron chi connectivity index (χ4n) is 4.79. The minimum atomic E-state index is -0.321. The van der Waals surface area contributed by atoms with Gasteiger partial charge in [0.15, 0.2) is 0 Å². The summed E-state index contributed by atoms with van der Waals surface area (Å²) in [6.45, 7) is 4.51. The number of carbonyl (C=O) groups excluding carboxylic acids is 1. The maximum atomic E-state index is 12.4. The first-order valence-corrected chi connectivity index (χ1v) is 16.7. The van der Waals surface area contributed by atoms with Crippen LogP contribution in [0.5, 0.6) is 0 Å². The van der Waals surface area contributed by atoms with Gasteiger partial charge in [-0.05, 0) is 29.5 Å². The first kappa shape index (κ1) is 33.7. The van der Waals surface area contributed by atoms with E-state index < -0.39 is 0 Å². The van der Waals surface area contributed by atoms with E-state index in [1.165, 1.54) is 102 Å². The number of rotatable bonds is 25. The van der Waals surface area contributed by atoms with Gasteiger partial charge in [-0.3, -0.25) is 0 Å². The van der Waals surface area contributed by atoms with Crippen molar-refractivity contribution in [3.05, 3.63) is 47.0 Å². The zero-order valence-corrected chi connectivity index (χ0v) is 25.7. The molecule has 0 bridgehead atoms. The molecule has 0 radical (unpaired) electrons. The Balaban J connectivity index is 1.38. The fourth-order valence-corrected chi connectivity index (χ4v) is 5.51. The molecule has 5 nitrogen and oxygen atoms in total. The van der Waals surface area contributed by atoms with Crippen LogP contribution >= 0.6 is 11.8 Å². The van der Waals surface area contributed by atoms with Crippen LogP contribution in [-0.2, 0) is 20.8 Å². The van der Waals surface area contributed by atoms with Crippen LogP contribution in [0.4, 0.5) is 0 Å². The van der Waals surface area contributed by atoms with Gasteiger partial charge in [-0.2, -0.15) is 0 Å². The number of thioether (sulfide) groups is 1. The Hall–Kier alpha value is -1.50. The van der Waals surface area contributed by atoms with Crippen molar-refractivity contribution in [1.29, 1.82) is 0 Å². The number of esters is 1. The molecule has 0 N–H and O–H groups in total. The molecule has 6 heteroatoms. The first-order chi connectivity index (χ1) is 19.2. The molecule has 0 aliphatic carbocycles. The number of hydrogen-bond acceptors (Lipinski definition) is 6. The predicted octanol–water partition coefficient (Wildman–Crippen LogP) is 9.11. The third-order valence-corrected chi connectivity index (χ3v) is 8.16. The largest absolute Gasteiger partial charge is 0.459 e. The van der Waals surface area contributed by atoms with Gasteiger partial charge in [-0.1, -0.05) is 115 Å². The van der Waals surface area contributed by atoms with E-state index in [0.717, 1.165) is 25.4 Å². The van der Waals surface area contributed by atoms with Crippen molar-refractivity contribution in [2.45, 2.75) is 122 Å². The third-order valence-electron chi connectivity index (χ3n) is 7.36. The molecule has 0 spiro atoms. The summed E-state index contributed by atoms with van der Waals surface area (Å²) in [6, 6.07) is 7.64. The molecule has 1 heterocycles. The topological polar surface area (TPSA) is 48.0 Å². The second-order valence-corrected chi connectivity index (χ2v) is 11.7. The Morgan fingerprint density at radius 3 is 1.90 bits per heavy atom. The minimum Gasteiger partial charge on any atom is -0.459 e. The summed E-state index contributed by atoms with van der Waals surface area (Å²) < 4.78 is 16.7. The summed E-state index contributed by atoms with van der Waals surface area (Å²) in [6.07, 6.45) is 23.7. The minimum absolute atomic E-state index is 0.200. The highest BCUT2D eigenvalue weighted by Gasteiger charge is 2.14. The molecule has 0 fully saturated rings. The summed E-state index contributed by atoms with van der Waals surface area (Å²) in [4.78, 5) is 14.7. The molecule has 222 valence electrons. The SMILES string of the molecule is CCCCCCCCCCCCCCCCCCOCC(COC(=O)c1ccc(CN2C=CSC2)cc1)OC. The zero-order chi connectivity index (χ0) is 27.8. The van der Waals surface area contributed by atoms with Crippen LogP contribution in [-0.4, -0.2) is 49.8 Å². The number of carbonyl (C=O) groups is 1. The molecule has 1 aliphatic heterocycles. The van der Waals surface area contributed by atoms with Crippen LogP contribution in [0.2, 0.25) is 0 Å². The molecule has 1 aliphatic rings. The van der Waals surface area contributed by atoms with Crippen molar-refractivity contribution in [2.75, 3.05) is 32.8 Å². The normalized spacial score (nSPS) is 13.7. The molecule has 0 saturated carbocycles. The second-order valence-electron chi connectivity index (χ2n) is 10.9. The number of hydrogen-bond donors (Lipinski definition) is 0. The molecule has 1 atom stereocenters. The standard InChI is InChI=1S/C33H55NO4S/c1-3-4-5-6-7-8-9-10-11-12-13-14-15-16-17-18-24-37-27-32(36-2)28-38-33(35)31-21-19-30(20-22-31)26-34-23-25-39-29-34/h19-23,25,32H,3-18,24,26-29H2,1-2H3. The maximum absolute atomic E-state index is 12.4. The molecule has 2 rings (SSSR count). The van der Waals surface area contributed by atoms with Crippen LogP contribution in [0.1, 0.15) is 126 Å². The van der Waals surface area contributed by atoms with Gasteiger partial charge in [0.05, 0.1) is 18.0 Å². The van der Waals surface area contributed by atoms with Crippen LogP contribution in [0.15, 0.2) is 35.9 Å². The van der Waals surface area contributed by atoms with Crippen molar-refractivity contribution in [3.63, 3.8) is 0 Å². The van der Waals surface area contributed by atoms with Crippen LogP contribution in [0, 0.1) is 0 Å². The molecule has 39 heavy (non-hydrogen) atoms. The summed E-state index contributed by atoms with van der Waals surface area (Å²) >= 11 is 1.79. The molecule has 1 aromatic rings. The Kier molecular flexibility index (Phi) is 20.1. The van der Waals surface area contributed by atoms with Crippen molar-refractivity contribution in [2.24, 2.45) is 0 Å². The van der Waals surface area contributed by atoms with Crippen molar-refractivity contribution >= 4 is 17.7 Å². The molecular formula is C33H55NO4S. The number of methoxy groups -OCH3 is 1. The average Bonchev–Trinajstić information content (AvgIpc) is 3.47. The zero-order valence-electron chi connectivity index (χ0n) is 24.9. The Morgan fingerprint density at radius 1 is 0.821 bits per heavy atom. The molecule has 0 saturated heterocycles. The van der Waals surface area contributed by atoms with Crippen LogP contribution in [0.25, 0.3) is 0 Å². The lowest BCUT2D eigenvalue weighted by atomic mass is 10.0. The van der Waals surface area contributed by atoms with Gasteiger partial charge in [0, 0.05) is 26.5 Å². The average molecular weight is 562 g/mol. The molecule has 1 aromatic carbocycles. The first-order valence-electron chi connectivity index (χ1n) is 15.6. The number of unbranched alkanes of at least 4 members (excludes halogenated alkanes) is 15. The van der Waals surface area contributed by atoms with E-state index in [9.17, 15) is 4.79 Å². The molecule has 0 amide bonds. The van der Waals surface area contributed by atoms with E-state index in [1.54, 1.807) is 18.9 Å². The van der Waals surface area contributed by atoms with Crippen LogP contribution in [0.3, 0.4) is 0 Å². The lowest BCUT2D eigenvalue weighted by molar-refractivity contribution is -0.0314. The third kappa shape index (κ3) is 17.0. The quantitative estimate of drug-likeness (QED) is 0.0876. The Morgan fingerprint density at radius 2 is 1.38 bits per heavy atom. The monoisotopic (exact) mass is 561 g/mol. The summed E-state index contributed by atoms with van der Waals surface area (Å²) in [5, 5.41) is 2.10. The Labute approximate surface area is 243 Å². The maximum Gasteiger partial charge on any atom is 0.338 e. The van der Waals surface area contributed by atoms with Gasteiger partial charge in [-0.25, -0.2) is 4.79 Å². The van der Waals surface area contributed by atoms with E-state index in [-0.39, 0.29) is 18.7 Å². The van der Waals surface area contributed by atoms with E-state index in [2.05, 4.69) is 23.4 Å².